The number of anilines is 2. The zero-order valence-electron chi connectivity index (χ0n) is 17.1. The largest absolute Gasteiger partial charge is 0.506 e. The van der Waals surface area contributed by atoms with Gasteiger partial charge in [-0.2, -0.15) is 0 Å². The molecule has 1 aliphatic rings. The Labute approximate surface area is 174 Å². The second kappa shape index (κ2) is 8.86. The van der Waals surface area contributed by atoms with Gasteiger partial charge in [0.2, 0.25) is 5.91 Å². The number of esters is 1. The van der Waals surface area contributed by atoms with Gasteiger partial charge >= 0.3 is 11.9 Å². The van der Waals surface area contributed by atoms with Crippen molar-refractivity contribution in [2.75, 3.05) is 17.2 Å². The minimum Gasteiger partial charge on any atom is -0.506 e. The highest BCUT2D eigenvalue weighted by Gasteiger charge is 2.30. The Kier molecular flexibility index (Phi) is 6.25. The summed E-state index contributed by atoms with van der Waals surface area (Å²) in [5, 5.41) is 15.2. The second-order valence-corrected chi connectivity index (χ2v) is 7.16. The monoisotopic (exact) mass is 412 g/mol. The minimum atomic E-state index is -0.946. The van der Waals surface area contributed by atoms with Crippen LogP contribution < -0.4 is 15.4 Å². The molecule has 3 rings (SSSR count). The lowest BCUT2D eigenvalue weighted by molar-refractivity contribution is -0.152. The van der Waals surface area contributed by atoms with E-state index in [9.17, 15) is 19.5 Å². The van der Waals surface area contributed by atoms with Gasteiger partial charge in [-0.05, 0) is 69.0 Å². The molecule has 0 saturated heterocycles. The van der Waals surface area contributed by atoms with Crippen LogP contribution in [0.4, 0.5) is 11.4 Å². The van der Waals surface area contributed by atoms with E-state index in [1.54, 1.807) is 45.0 Å². The molecule has 0 heterocycles. The van der Waals surface area contributed by atoms with Crippen LogP contribution in [0.25, 0.3) is 0 Å². The smallest absolute Gasteiger partial charge is 0.397 e. The van der Waals surface area contributed by atoms with Gasteiger partial charge in [-0.1, -0.05) is 0 Å². The van der Waals surface area contributed by atoms with E-state index < -0.39 is 11.9 Å². The molecular formula is C22H24N2O6. The first kappa shape index (κ1) is 21.2. The zero-order valence-corrected chi connectivity index (χ0v) is 17.1. The number of aromatic hydroxyl groups is 1. The summed E-state index contributed by atoms with van der Waals surface area (Å²) in [6, 6.07) is 7.96. The molecule has 0 radical (unpaired) electrons. The molecule has 158 valence electrons. The van der Waals surface area contributed by atoms with Crippen LogP contribution in [0.3, 0.4) is 0 Å². The van der Waals surface area contributed by atoms with Gasteiger partial charge in [-0.3, -0.25) is 9.59 Å². The lowest BCUT2D eigenvalue weighted by atomic mass is 10.1. The zero-order chi connectivity index (χ0) is 21.8. The lowest BCUT2D eigenvalue weighted by Gasteiger charge is -2.15. The van der Waals surface area contributed by atoms with Crippen molar-refractivity contribution in [3.8, 4) is 17.2 Å². The van der Waals surface area contributed by atoms with Crippen molar-refractivity contribution in [3.63, 3.8) is 0 Å². The number of nitrogens with one attached hydrogen (secondary N) is 2. The Morgan fingerprint density at radius 3 is 2.33 bits per heavy atom. The van der Waals surface area contributed by atoms with E-state index in [0.717, 1.165) is 24.0 Å². The number of aryl methyl sites for hydroxylation is 2. The van der Waals surface area contributed by atoms with E-state index in [1.807, 2.05) is 0 Å². The molecule has 2 aromatic carbocycles. The van der Waals surface area contributed by atoms with Crippen molar-refractivity contribution in [2.45, 2.75) is 33.6 Å². The number of amides is 2. The van der Waals surface area contributed by atoms with Gasteiger partial charge in [0.25, 0.3) is 0 Å². The summed E-state index contributed by atoms with van der Waals surface area (Å²) in [6.45, 7) is 5.35. The number of hydrogen-bond donors (Lipinski definition) is 3. The summed E-state index contributed by atoms with van der Waals surface area (Å²) in [6.07, 6.45) is 1.72. The minimum absolute atomic E-state index is 0.0100. The van der Waals surface area contributed by atoms with Crippen molar-refractivity contribution in [1.82, 2.24) is 0 Å². The molecule has 2 aromatic rings. The van der Waals surface area contributed by atoms with Gasteiger partial charge in [0.15, 0.2) is 0 Å². The van der Waals surface area contributed by atoms with Crippen LogP contribution in [0.1, 0.15) is 30.9 Å². The highest BCUT2D eigenvalue weighted by atomic mass is 16.5. The quantitative estimate of drug-likeness (QED) is 0.379. The number of phenols is 1. The van der Waals surface area contributed by atoms with Gasteiger partial charge in [0.1, 0.15) is 17.2 Å². The molecule has 0 unspecified atom stereocenters. The SMILES string of the molecule is CCOC(=O)C(=O)Nc1cc(C)c(Oc2ccc(O)c(NC(=O)C3CC3)c2)c(C)c1. The summed E-state index contributed by atoms with van der Waals surface area (Å²) in [4.78, 5) is 35.3. The molecule has 1 fully saturated rings. The third kappa shape index (κ3) is 5.08. The molecular weight excluding hydrogens is 388 g/mol. The summed E-state index contributed by atoms with van der Waals surface area (Å²) in [5.74, 6) is -0.936. The van der Waals surface area contributed by atoms with Gasteiger partial charge in [0.05, 0.1) is 12.3 Å². The average Bonchev–Trinajstić information content (AvgIpc) is 3.52. The van der Waals surface area contributed by atoms with Crippen molar-refractivity contribution >= 4 is 29.2 Å². The standard InChI is InChI=1S/C22H24N2O6/c1-4-29-22(28)21(27)23-15-9-12(2)19(13(3)10-15)30-16-7-8-18(25)17(11-16)24-20(26)14-5-6-14/h7-11,14,25H,4-6H2,1-3H3,(H,23,27)(H,24,26). The van der Waals surface area contributed by atoms with Crippen molar-refractivity contribution in [2.24, 2.45) is 5.92 Å². The number of ether oxygens (including phenoxy) is 2. The van der Waals surface area contributed by atoms with E-state index in [2.05, 4.69) is 15.4 Å². The topological polar surface area (TPSA) is 114 Å². The molecule has 0 aliphatic heterocycles. The molecule has 3 N–H and O–H groups in total. The molecule has 0 bridgehead atoms. The van der Waals surface area contributed by atoms with Crippen molar-refractivity contribution < 1.29 is 29.0 Å². The number of carbonyl (C=O) groups excluding carboxylic acids is 3. The predicted molar refractivity (Wildman–Crippen MR) is 111 cm³/mol. The number of phenolic OH excluding ortho intramolecular Hbond substituents is 1. The predicted octanol–water partition coefficient (Wildman–Crippen LogP) is 3.65. The Hall–Kier alpha value is -3.55. The van der Waals surface area contributed by atoms with Crippen LogP contribution in [0, 0.1) is 19.8 Å². The van der Waals surface area contributed by atoms with Crippen molar-refractivity contribution in [3.05, 3.63) is 41.5 Å². The van der Waals surface area contributed by atoms with Gasteiger partial charge < -0.3 is 25.2 Å². The first-order valence-electron chi connectivity index (χ1n) is 9.69. The van der Waals surface area contributed by atoms with Gasteiger partial charge in [0, 0.05) is 17.7 Å². The number of benzene rings is 2. The normalized spacial score (nSPS) is 12.8. The maximum atomic E-state index is 12.0. The van der Waals surface area contributed by atoms with Gasteiger partial charge in [-0.15, -0.1) is 0 Å². The highest BCUT2D eigenvalue weighted by Crippen LogP contribution is 2.36. The fourth-order valence-electron chi connectivity index (χ4n) is 2.94. The Morgan fingerprint density at radius 2 is 1.73 bits per heavy atom. The third-order valence-corrected chi connectivity index (χ3v) is 4.57. The highest BCUT2D eigenvalue weighted by molar-refractivity contribution is 6.37. The number of rotatable bonds is 6. The van der Waals surface area contributed by atoms with Gasteiger partial charge in [-0.25, -0.2) is 4.79 Å². The number of hydrogen-bond acceptors (Lipinski definition) is 6. The lowest BCUT2D eigenvalue weighted by Crippen LogP contribution is -2.25. The van der Waals surface area contributed by atoms with E-state index in [0.29, 0.717) is 17.2 Å². The second-order valence-electron chi connectivity index (χ2n) is 7.16. The van der Waals surface area contributed by atoms with Crippen LogP contribution in [0.15, 0.2) is 30.3 Å². The molecule has 8 nitrogen and oxygen atoms in total. The molecule has 30 heavy (non-hydrogen) atoms. The Bertz CT molecular complexity index is 974. The molecule has 0 aromatic heterocycles. The summed E-state index contributed by atoms with van der Waals surface area (Å²) in [7, 11) is 0. The van der Waals surface area contributed by atoms with E-state index in [1.165, 1.54) is 6.07 Å². The maximum Gasteiger partial charge on any atom is 0.397 e. The molecule has 1 aliphatic carbocycles. The maximum absolute atomic E-state index is 12.0. The first-order chi connectivity index (χ1) is 14.3. The molecule has 1 saturated carbocycles. The third-order valence-electron chi connectivity index (χ3n) is 4.57. The average molecular weight is 412 g/mol. The van der Waals surface area contributed by atoms with E-state index in [4.69, 9.17) is 4.74 Å². The molecule has 0 atom stereocenters. The van der Waals surface area contributed by atoms with E-state index in [-0.39, 0.29) is 29.9 Å². The molecule has 0 spiro atoms. The summed E-state index contributed by atoms with van der Waals surface area (Å²) in [5.41, 5.74) is 2.19. The van der Waals surface area contributed by atoms with Crippen LogP contribution in [0.2, 0.25) is 0 Å². The summed E-state index contributed by atoms with van der Waals surface area (Å²) >= 11 is 0. The first-order valence-corrected chi connectivity index (χ1v) is 9.69. The fraction of sp³-hybridized carbons (Fsp3) is 0.318. The summed E-state index contributed by atoms with van der Waals surface area (Å²) < 4.78 is 10.7. The number of carbonyl (C=O) groups is 3. The van der Waals surface area contributed by atoms with Crippen LogP contribution in [-0.4, -0.2) is 29.5 Å². The van der Waals surface area contributed by atoms with E-state index >= 15 is 0 Å². The Balaban J connectivity index is 1.75. The van der Waals surface area contributed by atoms with Crippen LogP contribution >= 0.6 is 0 Å². The fourth-order valence-corrected chi connectivity index (χ4v) is 2.94. The molecule has 8 heteroatoms. The van der Waals surface area contributed by atoms with Crippen LogP contribution in [0.5, 0.6) is 17.2 Å². The van der Waals surface area contributed by atoms with Crippen LogP contribution in [-0.2, 0) is 19.1 Å². The Morgan fingerprint density at radius 1 is 1.07 bits per heavy atom. The molecule has 2 amide bonds. The van der Waals surface area contributed by atoms with Crippen molar-refractivity contribution in [1.29, 1.82) is 0 Å².